The van der Waals surface area contributed by atoms with E-state index in [0.717, 1.165) is 12.0 Å². The molecule has 120 valence electrons. The standard InChI is InChI=1S/C19H27NO2/c1-13-8-9-16(12-15(13)3)18(21)10-11-19(22)20-17-7-5-4-6-14(17)2/h8-9,12,14,17H,4-7,10-11H2,1-3H3,(H,20,22)/t14-,17+/m1/s1. The molecule has 1 aromatic carbocycles. The summed E-state index contributed by atoms with van der Waals surface area (Å²) < 4.78 is 0. The Morgan fingerprint density at radius 1 is 1.09 bits per heavy atom. The third-order valence-corrected chi connectivity index (χ3v) is 4.87. The first-order chi connectivity index (χ1) is 10.5. The zero-order chi connectivity index (χ0) is 16.1. The average Bonchev–Trinajstić information content (AvgIpc) is 2.50. The molecule has 0 radical (unpaired) electrons. The van der Waals surface area contributed by atoms with Gasteiger partial charge >= 0.3 is 0 Å². The number of rotatable bonds is 5. The molecule has 0 bridgehead atoms. The first-order valence-electron chi connectivity index (χ1n) is 8.37. The molecule has 2 atom stereocenters. The molecule has 3 nitrogen and oxygen atoms in total. The van der Waals surface area contributed by atoms with Crippen LogP contribution in [0.3, 0.4) is 0 Å². The minimum Gasteiger partial charge on any atom is -0.353 e. The predicted octanol–water partition coefficient (Wildman–Crippen LogP) is 3.96. The Morgan fingerprint density at radius 3 is 2.50 bits per heavy atom. The molecular formula is C19H27NO2. The van der Waals surface area contributed by atoms with Gasteiger partial charge < -0.3 is 5.32 Å². The molecule has 1 aliphatic carbocycles. The van der Waals surface area contributed by atoms with Crippen LogP contribution in [0.2, 0.25) is 0 Å². The van der Waals surface area contributed by atoms with Crippen molar-refractivity contribution in [2.75, 3.05) is 0 Å². The maximum Gasteiger partial charge on any atom is 0.220 e. The van der Waals surface area contributed by atoms with Crippen LogP contribution in [0.4, 0.5) is 0 Å². The highest BCUT2D eigenvalue weighted by atomic mass is 16.2. The quantitative estimate of drug-likeness (QED) is 0.837. The van der Waals surface area contributed by atoms with Crippen molar-refractivity contribution in [3.63, 3.8) is 0 Å². The Labute approximate surface area is 133 Å². The molecule has 1 fully saturated rings. The van der Waals surface area contributed by atoms with Crippen LogP contribution < -0.4 is 5.32 Å². The van der Waals surface area contributed by atoms with Crippen LogP contribution in [0.15, 0.2) is 18.2 Å². The predicted molar refractivity (Wildman–Crippen MR) is 89.0 cm³/mol. The summed E-state index contributed by atoms with van der Waals surface area (Å²) in [6, 6.07) is 6.02. The third kappa shape index (κ3) is 4.43. The molecular weight excluding hydrogens is 274 g/mol. The molecule has 3 heteroatoms. The smallest absolute Gasteiger partial charge is 0.220 e. The average molecular weight is 301 g/mol. The first kappa shape index (κ1) is 16.7. The molecule has 0 aliphatic heterocycles. The molecule has 22 heavy (non-hydrogen) atoms. The second-order valence-corrected chi connectivity index (χ2v) is 6.66. The first-order valence-corrected chi connectivity index (χ1v) is 8.37. The van der Waals surface area contributed by atoms with Gasteiger partial charge in [-0.2, -0.15) is 0 Å². The van der Waals surface area contributed by atoms with Crippen LogP contribution in [0, 0.1) is 19.8 Å². The topological polar surface area (TPSA) is 46.2 Å². The van der Waals surface area contributed by atoms with Gasteiger partial charge in [0.2, 0.25) is 5.91 Å². The maximum atomic E-state index is 12.2. The zero-order valence-electron chi connectivity index (χ0n) is 13.9. The minimum atomic E-state index is 0.0101. The van der Waals surface area contributed by atoms with Crippen molar-refractivity contribution in [3.8, 4) is 0 Å². The molecule has 1 N–H and O–H groups in total. The number of ketones is 1. The largest absolute Gasteiger partial charge is 0.353 e. The molecule has 0 saturated heterocycles. The van der Waals surface area contributed by atoms with Crippen LogP contribution >= 0.6 is 0 Å². The summed E-state index contributed by atoms with van der Waals surface area (Å²) in [4.78, 5) is 24.2. The second kappa shape index (κ2) is 7.57. The highest BCUT2D eigenvalue weighted by Gasteiger charge is 2.22. The van der Waals surface area contributed by atoms with Gasteiger partial charge in [-0.05, 0) is 49.8 Å². The molecule has 0 unspecified atom stereocenters. The number of Topliss-reactive ketones (excluding diaryl/α,β-unsaturated/α-hetero) is 1. The minimum absolute atomic E-state index is 0.0101. The Morgan fingerprint density at radius 2 is 1.82 bits per heavy atom. The van der Waals surface area contributed by atoms with Crippen molar-refractivity contribution < 1.29 is 9.59 Å². The fraction of sp³-hybridized carbons (Fsp3) is 0.579. The van der Waals surface area contributed by atoms with E-state index < -0.39 is 0 Å². The van der Waals surface area contributed by atoms with Crippen molar-refractivity contribution in [3.05, 3.63) is 34.9 Å². The van der Waals surface area contributed by atoms with Gasteiger partial charge in [-0.25, -0.2) is 0 Å². The lowest BCUT2D eigenvalue weighted by Gasteiger charge is -2.29. The maximum absolute atomic E-state index is 12.2. The van der Waals surface area contributed by atoms with Crippen molar-refractivity contribution >= 4 is 11.7 Å². The Bertz CT molecular complexity index is 550. The van der Waals surface area contributed by atoms with Crippen molar-refractivity contribution in [2.45, 2.75) is 65.3 Å². The van der Waals surface area contributed by atoms with Gasteiger partial charge in [-0.3, -0.25) is 9.59 Å². The van der Waals surface area contributed by atoms with Crippen molar-refractivity contribution in [1.82, 2.24) is 5.32 Å². The SMILES string of the molecule is Cc1ccc(C(=O)CCC(=O)N[C@H]2CCCC[C@H]2C)cc1C. The molecule has 0 spiro atoms. The normalized spacial score (nSPS) is 21.4. The van der Waals surface area contributed by atoms with E-state index in [-0.39, 0.29) is 30.6 Å². The van der Waals surface area contributed by atoms with E-state index in [0.29, 0.717) is 11.5 Å². The molecule has 1 amide bonds. The molecule has 1 aliphatic rings. The lowest BCUT2D eigenvalue weighted by Crippen LogP contribution is -2.41. The summed E-state index contributed by atoms with van der Waals surface area (Å²) in [7, 11) is 0. The number of carbonyl (C=O) groups excluding carboxylic acids is 2. The second-order valence-electron chi connectivity index (χ2n) is 6.66. The summed E-state index contributed by atoms with van der Waals surface area (Å²) >= 11 is 0. The summed E-state index contributed by atoms with van der Waals surface area (Å²) in [5.41, 5.74) is 3.01. The van der Waals surface area contributed by atoms with Crippen LogP contribution in [-0.2, 0) is 4.79 Å². The van der Waals surface area contributed by atoms with Crippen LogP contribution in [0.5, 0.6) is 0 Å². The molecule has 0 aromatic heterocycles. The summed E-state index contributed by atoms with van der Waals surface area (Å²) in [5.74, 6) is 0.610. The summed E-state index contributed by atoms with van der Waals surface area (Å²) in [6.45, 7) is 6.23. The molecule has 1 saturated carbocycles. The number of aryl methyl sites for hydroxylation is 2. The van der Waals surface area contributed by atoms with Gasteiger partial charge in [-0.15, -0.1) is 0 Å². The van der Waals surface area contributed by atoms with Gasteiger partial charge in [0.15, 0.2) is 5.78 Å². The van der Waals surface area contributed by atoms with E-state index >= 15 is 0 Å². The Kier molecular flexibility index (Phi) is 5.76. The van der Waals surface area contributed by atoms with Gasteiger partial charge in [-0.1, -0.05) is 31.9 Å². The number of carbonyl (C=O) groups is 2. The highest BCUT2D eigenvalue weighted by Crippen LogP contribution is 2.23. The highest BCUT2D eigenvalue weighted by molar-refractivity contribution is 5.98. The van der Waals surface area contributed by atoms with Crippen LogP contribution in [0.1, 0.15) is 66.9 Å². The molecule has 0 heterocycles. The zero-order valence-corrected chi connectivity index (χ0v) is 13.9. The summed E-state index contributed by atoms with van der Waals surface area (Å²) in [5, 5.41) is 3.10. The van der Waals surface area contributed by atoms with E-state index in [1.807, 2.05) is 32.0 Å². The van der Waals surface area contributed by atoms with Crippen LogP contribution in [0.25, 0.3) is 0 Å². The van der Waals surface area contributed by atoms with Gasteiger partial charge in [0.05, 0.1) is 0 Å². The van der Waals surface area contributed by atoms with E-state index in [4.69, 9.17) is 0 Å². The fourth-order valence-corrected chi connectivity index (χ4v) is 3.10. The van der Waals surface area contributed by atoms with Gasteiger partial charge in [0.1, 0.15) is 0 Å². The number of amides is 1. The van der Waals surface area contributed by atoms with E-state index in [1.165, 1.54) is 24.8 Å². The van der Waals surface area contributed by atoms with E-state index in [2.05, 4.69) is 12.2 Å². The Hall–Kier alpha value is -1.64. The monoisotopic (exact) mass is 301 g/mol. The van der Waals surface area contributed by atoms with Crippen LogP contribution in [-0.4, -0.2) is 17.7 Å². The van der Waals surface area contributed by atoms with E-state index in [1.54, 1.807) is 0 Å². The van der Waals surface area contributed by atoms with Gasteiger partial charge in [0, 0.05) is 24.4 Å². The van der Waals surface area contributed by atoms with Crippen molar-refractivity contribution in [2.24, 2.45) is 5.92 Å². The molecule has 1 aromatic rings. The third-order valence-electron chi connectivity index (χ3n) is 4.87. The lowest BCUT2D eigenvalue weighted by atomic mass is 9.86. The lowest BCUT2D eigenvalue weighted by molar-refractivity contribution is -0.122. The number of nitrogens with one attached hydrogen (secondary N) is 1. The summed E-state index contributed by atoms with van der Waals surface area (Å²) in [6.07, 6.45) is 5.28. The van der Waals surface area contributed by atoms with Crippen molar-refractivity contribution in [1.29, 1.82) is 0 Å². The van der Waals surface area contributed by atoms with Gasteiger partial charge in [0.25, 0.3) is 0 Å². The number of hydrogen-bond donors (Lipinski definition) is 1. The molecule has 2 rings (SSSR count). The van der Waals surface area contributed by atoms with E-state index in [9.17, 15) is 9.59 Å². The Balaban J connectivity index is 1.82. The number of hydrogen-bond acceptors (Lipinski definition) is 2. The number of benzene rings is 1. The fourth-order valence-electron chi connectivity index (χ4n) is 3.10.